The summed E-state index contributed by atoms with van der Waals surface area (Å²) < 4.78 is 0. The molecule has 6 nitrogen and oxygen atoms in total. The molecule has 106 valence electrons. The Bertz CT molecular complexity index is 529. The van der Waals surface area contributed by atoms with Gasteiger partial charge in [0.25, 0.3) is 0 Å². The van der Waals surface area contributed by atoms with E-state index in [2.05, 4.69) is 5.32 Å². The molecule has 1 heterocycles. The van der Waals surface area contributed by atoms with Crippen LogP contribution < -0.4 is 5.32 Å². The lowest BCUT2D eigenvalue weighted by molar-refractivity contribution is -0.142. The van der Waals surface area contributed by atoms with Gasteiger partial charge in [0.15, 0.2) is 6.04 Å². The smallest absolute Gasteiger partial charge is 0.330 e. The number of hydrogen-bond donors (Lipinski definition) is 2. The number of nitrogens with zero attached hydrogens (tertiary/aromatic N) is 1. The molecule has 1 aliphatic heterocycles. The molecule has 1 unspecified atom stereocenters. The fraction of sp³-hybridized carbons (Fsp3) is 0.357. The van der Waals surface area contributed by atoms with Gasteiger partial charge in [-0.3, -0.25) is 9.59 Å². The Labute approximate surface area is 116 Å². The van der Waals surface area contributed by atoms with E-state index in [9.17, 15) is 19.5 Å². The number of carboxylic acid groups (broad SMARTS) is 1. The largest absolute Gasteiger partial charge is 0.479 e. The molecular formula is C14H16N2O4. The summed E-state index contributed by atoms with van der Waals surface area (Å²) in [6.45, 7) is 0.325. The summed E-state index contributed by atoms with van der Waals surface area (Å²) in [5.74, 6) is -2.11. The number of benzene rings is 1. The monoisotopic (exact) mass is 276 g/mol. The first-order valence-electron chi connectivity index (χ1n) is 6.31. The Morgan fingerprint density at radius 2 is 2.00 bits per heavy atom. The van der Waals surface area contributed by atoms with Gasteiger partial charge in [0.05, 0.1) is 5.92 Å². The summed E-state index contributed by atoms with van der Waals surface area (Å²) in [5, 5.41) is 11.7. The third-order valence-electron chi connectivity index (χ3n) is 3.38. The maximum Gasteiger partial charge on any atom is 0.330 e. The fourth-order valence-corrected chi connectivity index (χ4v) is 2.23. The van der Waals surface area contributed by atoms with Crippen LogP contribution in [-0.4, -0.2) is 41.4 Å². The van der Waals surface area contributed by atoms with Gasteiger partial charge in [0, 0.05) is 20.0 Å². The Morgan fingerprint density at radius 3 is 2.50 bits per heavy atom. The lowest BCUT2D eigenvalue weighted by atomic mass is 10.0. The third kappa shape index (κ3) is 2.96. The highest BCUT2D eigenvalue weighted by atomic mass is 16.4. The van der Waals surface area contributed by atoms with E-state index in [-0.39, 0.29) is 12.3 Å². The Balaban J connectivity index is 2.08. The van der Waals surface area contributed by atoms with Gasteiger partial charge in [-0.25, -0.2) is 4.79 Å². The van der Waals surface area contributed by atoms with Crippen molar-refractivity contribution >= 4 is 17.8 Å². The zero-order valence-electron chi connectivity index (χ0n) is 11.1. The molecule has 6 heteroatoms. The molecule has 20 heavy (non-hydrogen) atoms. The number of carboxylic acids is 1. The lowest BCUT2D eigenvalue weighted by Gasteiger charge is -2.17. The molecule has 2 rings (SSSR count). The molecule has 0 aromatic heterocycles. The minimum Gasteiger partial charge on any atom is -0.479 e. The van der Waals surface area contributed by atoms with Crippen molar-refractivity contribution in [2.75, 3.05) is 13.6 Å². The zero-order chi connectivity index (χ0) is 14.7. The third-order valence-corrected chi connectivity index (χ3v) is 3.38. The predicted molar refractivity (Wildman–Crippen MR) is 70.7 cm³/mol. The second kappa shape index (κ2) is 5.73. The van der Waals surface area contributed by atoms with Gasteiger partial charge in [-0.15, -0.1) is 0 Å². The van der Waals surface area contributed by atoms with Crippen molar-refractivity contribution in [1.82, 2.24) is 10.2 Å². The summed E-state index contributed by atoms with van der Waals surface area (Å²) in [6, 6.07) is 7.39. The van der Waals surface area contributed by atoms with Crippen molar-refractivity contribution in [1.29, 1.82) is 0 Å². The zero-order valence-corrected chi connectivity index (χ0v) is 11.1. The fourth-order valence-electron chi connectivity index (χ4n) is 2.23. The van der Waals surface area contributed by atoms with Crippen LogP contribution in [0.1, 0.15) is 18.0 Å². The van der Waals surface area contributed by atoms with Gasteiger partial charge in [-0.1, -0.05) is 30.3 Å². The van der Waals surface area contributed by atoms with Gasteiger partial charge in [-0.05, 0) is 5.56 Å². The van der Waals surface area contributed by atoms with Crippen molar-refractivity contribution in [3.05, 3.63) is 35.9 Å². The van der Waals surface area contributed by atoms with Crippen LogP contribution in [0.2, 0.25) is 0 Å². The van der Waals surface area contributed by atoms with Crippen LogP contribution in [0.3, 0.4) is 0 Å². The van der Waals surface area contributed by atoms with Crippen LogP contribution >= 0.6 is 0 Å². The molecule has 1 saturated heterocycles. The van der Waals surface area contributed by atoms with Crippen LogP contribution in [0.4, 0.5) is 0 Å². The number of aliphatic carboxylic acids is 1. The van der Waals surface area contributed by atoms with Crippen LogP contribution in [0.25, 0.3) is 0 Å². The minimum atomic E-state index is -1.12. The van der Waals surface area contributed by atoms with Crippen LogP contribution in [0, 0.1) is 5.92 Å². The number of carbonyl (C=O) groups excluding carboxylic acids is 2. The first-order valence-corrected chi connectivity index (χ1v) is 6.31. The maximum atomic E-state index is 12.1. The molecule has 0 bridgehead atoms. The Morgan fingerprint density at radius 1 is 1.35 bits per heavy atom. The second-order valence-electron chi connectivity index (χ2n) is 4.87. The van der Waals surface area contributed by atoms with Crippen molar-refractivity contribution in [2.24, 2.45) is 5.92 Å². The molecular weight excluding hydrogens is 260 g/mol. The summed E-state index contributed by atoms with van der Waals surface area (Å²) in [5.41, 5.74) is 0.506. The molecule has 1 aliphatic rings. The van der Waals surface area contributed by atoms with Crippen LogP contribution in [0.15, 0.2) is 30.3 Å². The summed E-state index contributed by atoms with van der Waals surface area (Å²) in [4.78, 5) is 36.2. The highest BCUT2D eigenvalue weighted by molar-refractivity contribution is 5.91. The first-order chi connectivity index (χ1) is 9.49. The van der Waals surface area contributed by atoms with E-state index < -0.39 is 23.8 Å². The van der Waals surface area contributed by atoms with E-state index in [0.29, 0.717) is 12.1 Å². The van der Waals surface area contributed by atoms with E-state index in [1.807, 2.05) is 0 Å². The van der Waals surface area contributed by atoms with E-state index >= 15 is 0 Å². The summed E-state index contributed by atoms with van der Waals surface area (Å²) in [6.07, 6.45) is 0.128. The van der Waals surface area contributed by atoms with Gasteiger partial charge in [0.1, 0.15) is 0 Å². The van der Waals surface area contributed by atoms with Crippen molar-refractivity contribution in [2.45, 2.75) is 12.5 Å². The van der Waals surface area contributed by atoms with E-state index in [1.165, 1.54) is 4.90 Å². The predicted octanol–water partition coefficient (Wildman–Crippen LogP) is 0.407. The average Bonchev–Trinajstić information content (AvgIpc) is 2.76. The topological polar surface area (TPSA) is 86.7 Å². The molecule has 0 aliphatic carbocycles. The normalized spacial score (nSPS) is 19.8. The molecule has 0 spiro atoms. The molecule has 2 N–H and O–H groups in total. The highest BCUT2D eigenvalue weighted by Crippen LogP contribution is 2.19. The van der Waals surface area contributed by atoms with Gasteiger partial charge in [-0.2, -0.15) is 0 Å². The van der Waals surface area contributed by atoms with Crippen molar-refractivity contribution < 1.29 is 19.5 Å². The number of nitrogens with one attached hydrogen (secondary N) is 1. The van der Waals surface area contributed by atoms with E-state index in [4.69, 9.17) is 0 Å². The van der Waals surface area contributed by atoms with Gasteiger partial charge < -0.3 is 15.3 Å². The quantitative estimate of drug-likeness (QED) is 0.833. The van der Waals surface area contributed by atoms with E-state index in [1.54, 1.807) is 37.4 Å². The SMILES string of the molecule is CN1CC(C(=O)N[C@H](C(=O)O)c2ccccc2)CC1=O. The number of rotatable bonds is 4. The first kappa shape index (κ1) is 14.0. The molecule has 1 fully saturated rings. The molecule has 1 aromatic carbocycles. The lowest BCUT2D eigenvalue weighted by Crippen LogP contribution is -2.38. The van der Waals surface area contributed by atoms with Crippen molar-refractivity contribution in [3.63, 3.8) is 0 Å². The molecule has 1 aromatic rings. The molecule has 0 saturated carbocycles. The summed E-state index contributed by atoms with van der Waals surface area (Å²) in [7, 11) is 1.63. The highest BCUT2D eigenvalue weighted by Gasteiger charge is 2.34. The standard InChI is InChI=1S/C14H16N2O4/c1-16-8-10(7-11(16)17)13(18)15-12(14(19)20)9-5-3-2-4-6-9/h2-6,10,12H,7-8H2,1H3,(H,15,18)(H,19,20)/t10?,12-/m0/s1. The van der Waals surface area contributed by atoms with Crippen LogP contribution in [0.5, 0.6) is 0 Å². The van der Waals surface area contributed by atoms with Gasteiger partial charge >= 0.3 is 5.97 Å². The molecule has 2 amide bonds. The van der Waals surface area contributed by atoms with E-state index in [0.717, 1.165) is 0 Å². The van der Waals surface area contributed by atoms with Crippen LogP contribution in [-0.2, 0) is 14.4 Å². The Kier molecular flexibility index (Phi) is 4.02. The maximum absolute atomic E-state index is 12.1. The van der Waals surface area contributed by atoms with Crippen molar-refractivity contribution in [3.8, 4) is 0 Å². The molecule has 0 radical (unpaired) electrons. The second-order valence-corrected chi connectivity index (χ2v) is 4.87. The Hall–Kier alpha value is -2.37. The summed E-state index contributed by atoms with van der Waals surface area (Å²) >= 11 is 0. The van der Waals surface area contributed by atoms with Gasteiger partial charge in [0.2, 0.25) is 11.8 Å². The number of likely N-dealkylation sites (tertiary alicyclic amines) is 1. The average molecular weight is 276 g/mol. The number of hydrogen-bond acceptors (Lipinski definition) is 3. The minimum absolute atomic E-state index is 0.100. The number of carbonyl (C=O) groups is 3. The molecule has 2 atom stereocenters. The number of amides is 2.